The number of alkyl halides is 1. The molecule has 0 saturated heterocycles. The van der Waals surface area contributed by atoms with Crippen LogP contribution in [-0.4, -0.2) is 18.1 Å². The molecule has 1 aromatic carbocycles. The summed E-state index contributed by atoms with van der Waals surface area (Å²) in [5.74, 6) is -2.59. The maximum absolute atomic E-state index is 13.3. The number of amides is 1. The van der Waals surface area contributed by atoms with Crippen molar-refractivity contribution in [1.29, 1.82) is 0 Å². The molecule has 2 nitrogen and oxygen atoms in total. The van der Waals surface area contributed by atoms with Crippen LogP contribution in [0.5, 0.6) is 0 Å². The van der Waals surface area contributed by atoms with E-state index < -0.39 is 29.8 Å². The Morgan fingerprint density at radius 3 is 2.59 bits per heavy atom. The molecule has 17 heavy (non-hydrogen) atoms. The van der Waals surface area contributed by atoms with Crippen LogP contribution in [0.15, 0.2) is 12.1 Å². The van der Waals surface area contributed by atoms with E-state index in [1.54, 1.807) is 0 Å². The summed E-state index contributed by atoms with van der Waals surface area (Å²) in [4.78, 5) is 11.8. The van der Waals surface area contributed by atoms with Crippen molar-refractivity contribution >= 4 is 5.91 Å². The largest absolute Gasteiger partial charge is 0.344 e. The summed E-state index contributed by atoms with van der Waals surface area (Å²) in [6.07, 6.45) is 1.16. The summed E-state index contributed by atoms with van der Waals surface area (Å²) in [6.45, 7) is 0.684. The van der Waals surface area contributed by atoms with E-state index in [2.05, 4.69) is 5.32 Å². The first-order chi connectivity index (χ1) is 7.99. The Labute approximate surface area is 96.8 Å². The SMILES string of the molecule is Cc1c(C(=O)NC2(CF)CC2)ccc(F)c1F. The molecule has 0 bridgehead atoms. The Morgan fingerprint density at radius 1 is 1.41 bits per heavy atom. The molecule has 5 heteroatoms. The van der Waals surface area contributed by atoms with Gasteiger partial charge in [0.25, 0.3) is 5.91 Å². The zero-order chi connectivity index (χ0) is 12.6. The molecule has 1 N–H and O–H groups in total. The summed E-state index contributed by atoms with van der Waals surface area (Å²) in [6, 6.07) is 2.10. The van der Waals surface area contributed by atoms with Gasteiger partial charge < -0.3 is 5.32 Å². The summed E-state index contributed by atoms with van der Waals surface area (Å²) in [5.41, 5.74) is -0.797. The van der Waals surface area contributed by atoms with E-state index in [0.717, 1.165) is 6.07 Å². The Hall–Kier alpha value is -1.52. The summed E-state index contributed by atoms with van der Waals surface area (Å²) in [7, 11) is 0. The Kier molecular flexibility index (Phi) is 2.85. The van der Waals surface area contributed by atoms with Gasteiger partial charge >= 0.3 is 0 Å². The molecular formula is C12H12F3NO. The Balaban J connectivity index is 2.23. The first-order valence-corrected chi connectivity index (χ1v) is 5.32. The lowest BCUT2D eigenvalue weighted by Gasteiger charge is -2.14. The van der Waals surface area contributed by atoms with Crippen LogP contribution >= 0.6 is 0 Å². The van der Waals surface area contributed by atoms with Crippen molar-refractivity contribution in [2.45, 2.75) is 25.3 Å². The normalized spacial score (nSPS) is 16.7. The second-order valence-corrected chi connectivity index (χ2v) is 4.40. The van der Waals surface area contributed by atoms with Crippen molar-refractivity contribution in [3.8, 4) is 0 Å². The summed E-state index contributed by atoms with van der Waals surface area (Å²) in [5, 5.41) is 2.52. The third-order valence-corrected chi connectivity index (χ3v) is 3.07. The molecule has 0 atom stereocenters. The molecule has 1 saturated carbocycles. The third kappa shape index (κ3) is 2.14. The van der Waals surface area contributed by atoms with Gasteiger partial charge in [-0.3, -0.25) is 4.79 Å². The van der Waals surface area contributed by atoms with Crippen molar-refractivity contribution in [3.05, 3.63) is 34.9 Å². The minimum atomic E-state index is -1.04. The van der Waals surface area contributed by atoms with E-state index in [4.69, 9.17) is 0 Å². The third-order valence-electron chi connectivity index (χ3n) is 3.07. The summed E-state index contributed by atoms with van der Waals surface area (Å²) >= 11 is 0. The summed E-state index contributed by atoms with van der Waals surface area (Å²) < 4.78 is 38.7. The topological polar surface area (TPSA) is 29.1 Å². The molecule has 2 rings (SSSR count). The molecule has 1 amide bonds. The van der Waals surface area contributed by atoms with Crippen molar-refractivity contribution in [2.75, 3.05) is 6.67 Å². The number of rotatable bonds is 3. The average Bonchev–Trinajstić information content (AvgIpc) is 3.06. The predicted molar refractivity (Wildman–Crippen MR) is 56.5 cm³/mol. The van der Waals surface area contributed by atoms with Crippen LogP contribution < -0.4 is 5.32 Å². The Bertz CT molecular complexity index is 469. The fraction of sp³-hybridized carbons (Fsp3) is 0.417. The van der Waals surface area contributed by atoms with Gasteiger partial charge in [0.1, 0.15) is 6.67 Å². The van der Waals surface area contributed by atoms with Crippen LogP contribution in [0.1, 0.15) is 28.8 Å². The molecule has 1 aliphatic rings. The van der Waals surface area contributed by atoms with Crippen LogP contribution in [0.4, 0.5) is 13.2 Å². The molecule has 0 heterocycles. The van der Waals surface area contributed by atoms with Gasteiger partial charge in [-0.1, -0.05) is 0 Å². The zero-order valence-electron chi connectivity index (χ0n) is 9.32. The second-order valence-electron chi connectivity index (χ2n) is 4.40. The van der Waals surface area contributed by atoms with E-state index in [1.165, 1.54) is 13.0 Å². The minimum absolute atomic E-state index is 0.0450. The van der Waals surface area contributed by atoms with Gasteiger partial charge in [-0.15, -0.1) is 0 Å². The molecule has 1 aliphatic carbocycles. The highest BCUT2D eigenvalue weighted by molar-refractivity contribution is 5.96. The lowest BCUT2D eigenvalue weighted by atomic mass is 10.1. The van der Waals surface area contributed by atoms with E-state index in [0.29, 0.717) is 12.8 Å². The quantitative estimate of drug-likeness (QED) is 0.868. The maximum Gasteiger partial charge on any atom is 0.252 e. The highest BCUT2D eigenvalue weighted by atomic mass is 19.2. The molecule has 0 aromatic heterocycles. The molecule has 0 unspecified atom stereocenters. The first-order valence-electron chi connectivity index (χ1n) is 5.32. The van der Waals surface area contributed by atoms with Crippen LogP contribution in [-0.2, 0) is 0 Å². The fourth-order valence-electron chi connectivity index (χ4n) is 1.65. The highest BCUT2D eigenvalue weighted by Gasteiger charge is 2.44. The Morgan fingerprint density at radius 2 is 2.06 bits per heavy atom. The monoisotopic (exact) mass is 243 g/mol. The molecule has 0 aliphatic heterocycles. The highest BCUT2D eigenvalue weighted by Crippen LogP contribution is 2.36. The molecule has 92 valence electrons. The predicted octanol–water partition coefficient (Wildman–Crippen LogP) is 2.51. The molecular weight excluding hydrogens is 231 g/mol. The van der Waals surface area contributed by atoms with Crippen molar-refractivity contribution in [3.63, 3.8) is 0 Å². The molecule has 1 fully saturated rings. The number of carbonyl (C=O) groups is 1. The number of hydrogen-bond acceptors (Lipinski definition) is 1. The molecule has 0 spiro atoms. The van der Waals surface area contributed by atoms with E-state index in [9.17, 15) is 18.0 Å². The van der Waals surface area contributed by atoms with E-state index >= 15 is 0 Å². The van der Waals surface area contributed by atoms with Crippen LogP contribution in [0, 0.1) is 18.6 Å². The van der Waals surface area contributed by atoms with Gasteiger partial charge in [0.05, 0.1) is 5.54 Å². The van der Waals surface area contributed by atoms with E-state index in [-0.39, 0.29) is 11.1 Å². The van der Waals surface area contributed by atoms with Crippen molar-refractivity contribution in [2.24, 2.45) is 0 Å². The number of carbonyl (C=O) groups excluding carboxylic acids is 1. The maximum atomic E-state index is 13.3. The van der Waals surface area contributed by atoms with Gasteiger partial charge in [-0.2, -0.15) is 0 Å². The van der Waals surface area contributed by atoms with Gasteiger partial charge in [0.2, 0.25) is 0 Å². The fourth-order valence-corrected chi connectivity index (χ4v) is 1.65. The lowest BCUT2D eigenvalue weighted by Crippen LogP contribution is -2.38. The van der Waals surface area contributed by atoms with Crippen molar-refractivity contribution < 1.29 is 18.0 Å². The standard InChI is InChI=1S/C12H12F3NO/c1-7-8(2-3-9(14)10(7)15)11(17)16-12(6-13)4-5-12/h2-3H,4-6H2,1H3,(H,16,17). The van der Waals surface area contributed by atoms with E-state index in [1.807, 2.05) is 0 Å². The number of halogens is 3. The van der Waals surface area contributed by atoms with Crippen molar-refractivity contribution in [1.82, 2.24) is 5.32 Å². The minimum Gasteiger partial charge on any atom is -0.344 e. The van der Waals surface area contributed by atoms with Crippen LogP contribution in [0.25, 0.3) is 0 Å². The van der Waals surface area contributed by atoms with Crippen LogP contribution in [0.3, 0.4) is 0 Å². The smallest absolute Gasteiger partial charge is 0.252 e. The van der Waals surface area contributed by atoms with Gasteiger partial charge in [0, 0.05) is 11.1 Å². The molecule has 1 aromatic rings. The van der Waals surface area contributed by atoms with Gasteiger partial charge in [-0.05, 0) is 31.9 Å². The van der Waals surface area contributed by atoms with Crippen LogP contribution in [0.2, 0.25) is 0 Å². The number of nitrogens with one attached hydrogen (secondary N) is 1. The van der Waals surface area contributed by atoms with Gasteiger partial charge in [-0.25, -0.2) is 13.2 Å². The number of hydrogen-bond donors (Lipinski definition) is 1. The number of benzene rings is 1. The first kappa shape index (κ1) is 12.0. The molecule has 0 radical (unpaired) electrons. The average molecular weight is 243 g/mol. The zero-order valence-corrected chi connectivity index (χ0v) is 9.32. The second kappa shape index (κ2) is 4.05. The van der Waals surface area contributed by atoms with Gasteiger partial charge in [0.15, 0.2) is 11.6 Å². The lowest BCUT2D eigenvalue weighted by molar-refractivity contribution is 0.0922.